The molecule has 0 heterocycles. The van der Waals surface area contributed by atoms with Gasteiger partial charge >= 0.3 is 0 Å². The summed E-state index contributed by atoms with van der Waals surface area (Å²) in [4.78, 5) is 0. The molecule has 78 valence electrons. The molecule has 2 nitrogen and oxygen atoms in total. The molecule has 1 aliphatic rings. The van der Waals surface area contributed by atoms with Crippen LogP contribution in [0.3, 0.4) is 0 Å². The van der Waals surface area contributed by atoms with Crippen molar-refractivity contribution in [3.63, 3.8) is 0 Å². The van der Waals surface area contributed by atoms with Gasteiger partial charge in [0.15, 0.2) is 0 Å². The Kier molecular flexibility index (Phi) is 2.50. The first-order chi connectivity index (χ1) is 7.19. The molecule has 1 atom stereocenters. The van der Waals surface area contributed by atoms with Crippen LogP contribution in [-0.4, -0.2) is 5.11 Å². The van der Waals surface area contributed by atoms with Gasteiger partial charge in [0.2, 0.25) is 0 Å². The molecule has 0 radical (unpaired) electrons. The molecule has 2 heteroatoms. The van der Waals surface area contributed by atoms with Crippen LogP contribution in [0.1, 0.15) is 36.5 Å². The summed E-state index contributed by atoms with van der Waals surface area (Å²) in [5.74, 6) is 0. The van der Waals surface area contributed by atoms with Crippen molar-refractivity contribution in [3.8, 4) is 6.07 Å². The SMILES string of the molecule is Cc1ccccc1C(O)C1(C#N)CCC1. The number of nitriles is 1. The summed E-state index contributed by atoms with van der Waals surface area (Å²) in [7, 11) is 0. The Labute approximate surface area is 90.2 Å². The molecule has 1 unspecified atom stereocenters. The first kappa shape index (κ1) is 10.2. The average molecular weight is 201 g/mol. The first-order valence-corrected chi connectivity index (χ1v) is 5.34. The molecule has 1 aromatic rings. The summed E-state index contributed by atoms with van der Waals surface area (Å²) < 4.78 is 0. The highest BCUT2D eigenvalue weighted by molar-refractivity contribution is 5.31. The fourth-order valence-corrected chi connectivity index (χ4v) is 2.20. The van der Waals surface area contributed by atoms with Gasteiger partial charge in [0.05, 0.1) is 17.6 Å². The van der Waals surface area contributed by atoms with Crippen molar-refractivity contribution >= 4 is 0 Å². The second-order valence-electron chi connectivity index (χ2n) is 4.38. The molecule has 0 aliphatic heterocycles. The molecule has 0 bridgehead atoms. The molecular weight excluding hydrogens is 186 g/mol. The third-order valence-corrected chi connectivity index (χ3v) is 3.47. The number of hydrogen-bond donors (Lipinski definition) is 1. The molecule has 1 aromatic carbocycles. The third-order valence-electron chi connectivity index (χ3n) is 3.47. The Hall–Kier alpha value is -1.33. The van der Waals surface area contributed by atoms with Gasteiger partial charge in [-0.25, -0.2) is 0 Å². The maximum atomic E-state index is 10.2. The zero-order valence-corrected chi connectivity index (χ0v) is 8.90. The molecule has 1 N–H and O–H groups in total. The van der Waals surface area contributed by atoms with Gasteiger partial charge in [-0.2, -0.15) is 5.26 Å². The van der Waals surface area contributed by atoms with Crippen LogP contribution in [-0.2, 0) is 0 Å². The number of aryl methyl sites for hydroxylation is 1. The lowest BCUT2D eigenvalue weighted by Gasteiger charge is -2.39. The summed E-state index contributed by atoms with van der Waals surface area (Å²) in [5, 5.41) is 19.4. The van der Waals surface area contributed by atoms with Crippen LogP contribution >= 0.6 is 0 Å². The van der Waals surface area contributed by atoms with Crippen LogP contribution in [0.5, 0.6) is 0 Å². The summed E-state index contributed by atoms with van der Waals surface area (Å²) in [5.41, 5.74) is 1.44. The van der Waals surface area contributed by atoms with Crippen molar-refractivity contribution in [2.75, 3.05) is 0 Å². The second kappa shape index (κ2) is 3.67. The first-order valence-electron chi connectivity index (χ1n) is 5.34. The largest absolute Gasteiger partial charge is 0.387 e. The Morgan fingerprint density at radius 3 is 2.53 bits per heavy atom. The van der Waals surface area contributed by atoms with E-state index in [2.05, 4.69) is 6.07 Å². The number of nitrogens with zero attached hydrogens (tertiary/aromatic N) is 1. The molecule has 15 heavy (non-hydrogen) atoms. The highest BCUT2D eigenvalue weighted by Gasteiger charge is 2.44. The summed E-state index contributed by atoms with van der Waals surface area (Å²) >= 11 is 0. The normalized spacial score (nSPS) is 20.1. The molecule has 0 saturated heterocycles. The lowest BCUT2D eigenvalue weighted by molar-refractivity contribution is 0.00755. The minimum absolute atomic E-state index is 0.522. The molecule has 1 fully saturated rings. The molecule has 1 saturated carbocycles. The van der Waals surface area contributed by atoms with Crippen molar-refractivity contribution in [2.24, 2.45) is 5.41 Å². The predicted molar refractivity (Wildman–Crippen MR) is 58.0 cm³/mol. The highest BCUT2D eigenvalue weighted by atomic mass is 16.3. The minimum Gasteiger partial charge on any atom is -0.387 e. The van der Waals surface area contributed by atoms with E-state index in [-0.39, 0.29) is 0 Å². The lowest BCUT2D eigenvalue weighted by atomic mass is 9.64. The number of aliphatic hydroxyl groups is 1. The Morgan fingerprint density at radius 2 is 2.07 bits per heavy atom. The second-order valence-corrected chi connectivity index (χ2v) is 4.38. The van der Waals surface area contributed by atoms with E-state index in [1.807, 2.05) is 31.2 Å². The van der Waals surface area contributed by atoms with Crippen molar-refractivity contribution in [1.82, 2.24) is 0 Å². The minimum atomic E-state index is -0.627. The van der Waals surface area contributed by atoms with Crippen LogP contribution in [0.15, 0.2) is 24.3 Å². The van der Waals surface area contributed by atoms with Crippen LogP contribution in [0.4, 0.5) is 0 Å². The summed E-state index contributed by atoms with van der Waals surface area (Å²) in [6.07, 6.45) is 2.06. The van der Waals surface area contributed by atoms with E-state index in [1.165, 1.54) is 0 Å². The Bertz CT molecular complexity index is 401. The number of hydrogen-bond acceptors (Lipinski definition) is 2. The van der Waals surface area contributed by atoms with Gasteiger partial charge < -0.3 is 5.11 Å². The smallest absolute Gasteiger partial charge is 0.0978 e. The molecule has 0 spiro atoms. The fourth-order valence-electron chi connectivity index (χ4n) is 2.20. The van der Waals surface area contributed by atoms with E-state index in [0.717, 1.165) is 30.4 Å². The zero-order chi connectivity index (χ0) is 10.9. The highest BCUT2D eigenvalue weighted by Crippen LogP contribution is 2.50. The fraction of sp³-hybridized carbons (Fsp3) is 0.462. The molecule has 1 aliphatic carbocycles. The average Bonchev–Trinajstić information content (AvgIpc) is 2.17. The van der Waals surface area contributed by atoms with Crippen molar-refractivity contribution in [2.45, 2.75) is 32.3 Å². The Balaban J connectivity index is 2.32. The molecule has 0 aromatic heterocycles. The van der Waals surface area contributed by atoms with E-state index < -0.39 is 11.5 Å². The monoisotopic (exact) mass is 201 g/mol. The quantitative estimate of drug-likeness (QED) is 0.799. The number of benzene rings is 1. The molecule has 2 rings (SSSR count). The van der Waals surface area contributed by atoms with Gasteiger partial charge in [-0.15, -0.1) is 0 Å². The molecular formula is C13H15NO. The number of aliphatic hydroxyl groups excluding tert-OH is 1. The van der Waals surface area contributed by atoms with E-state index >= 15 is 0 Å². The standard InChI is InChI=1S/C13H15NO/c1-10-5-2-3-6-11(10)12(15)13(9-14)7-4-8-13/h2-3,5-6,12,15H,4,7-8H2,1H3. The van der Waals surface area contributed by atoms with Crippen LogP contribution < -0.4 is 0 Å². The van der Waals surface area contributed by atoms with E-state index in [0.29, 0.717) is 0 Å². The van der Waals surface area contributed by atoms with E-state index in [4.69, 9.17) is 5.26 Å². The van der Waals surface area contributed by atoms with Crippen molar-refractivity contribution in [3.05, 3.63) is 35.4 Å². The van der Waals surface area contributed by atoms with E-state index in [1.54, 1.807) is 0 Å². The third kappa shape index (κ3) is 1.53. The lowest BCUT2D eigenvalue weighted by Crippen LogP contribution is -2.34. The van der Waals surface area contributed by atoms with Gasteiger partial charge in [-0.3, -0.25) is 0 Å². The van der Waals surface area contributed by atoms with Gasteiger partial charge in [0.1, 0.15) is 0 Å². The molecule has 0 amide bonds. The van der Waals surface area contributed by atoms with Gasteiger partial charge in [-0.05, 0) is 30.9 Å². The Morgan fingerprint density at radius 1 is 1.40 bits per heavy atom. The van der Waals surface area contributed by atoms with Crippen molar-refractivity contribution in [1.29, 1.82) is 5.26 Å². The van der Waals surface area contributed by atoms with Crippen LogP contribution in [0.2, 0.25) is 0 Å². The topological polar surface area (TPSA) is 44.0 Å². The predicted octanol–water partition coefficient (Wildman–Crippen LogP) is 2.72. The summed E-state index contributed by atoms with van der Waals surface area (Å²) in [6, 6.07) is 10.0. The maximum Gasteiger partial charge on any atom is 0.0978 e. The van der Waals surface area contributed by atoms with Crippen LogP contribution in [0.25, 0.3) is 0 Å². The maximum absolute atomic E-state index is 10.2. The van der Waals surface area contributed by atoms with E-state index in [9.17, 15) is 5.11 Å². The van der Waals surface area contributed by atoms with Gasteiger partial charge in [0.25, 0.3) is 0 Å². The van der Waals surface area contributed by atoms with Gasteiger partial charge in [0, 0.05) is 0 Å². The number of rotatable bonds is 2. The van der Waals surface area contributed by atoms with Crippen LogP contribution in [0, 0.1) is 23.7 Å². The van der Waals surface area contributed by atoms with Crippen molar-refractivity contribution < 1.29 is 5.11 Å². The zero-order valence-electron chi connectivity index (χ0n) is 8.90. The van der Waals surface area contributed by atoms with Gasteiger partial charge in [-0.1, -0.05) is 30.7 Å². The summed E-state index contributed by atoms with van der Waals surface area (Å²) in [6.45, 7) is 1.97.